The Morgan fingerprint density at radius 1 is 1.43 bits per heavy atom. The van der Waals surface area contributed by atoms with Gasteiger partial charge in [0.1, 0.15) is 5.15 Å². The maximum atomic E-state index is 12.7. The fourth-order valence-corrected chi connectivity index (χ4v) is 3.07. The highest BCUT2D eigenvalue weighted by Gasteiger charge is 2.29. The third-order valence-corrected chi connectivity index (χ3v) is 4.28. The SMILES string of the molecule is CN(C(=O)c1cc(N)cnc1Cl)C1CCc2ccccc21. The van der Waals surface area contributed by atoms with Crippen molar-refractivity contribution in [1.29, 1.82) is 0 Å². The zero-order chi connectivity index (χ0) is 15.0. The van der Waals surface area contributed by atoms with Crippen LogP contribution in [0.4, 0.5) is 5.69 Å². The molecule has 1 unspecified atom stereocenters. The average molecular weight is 302 g/mol. The van der Waals surface area contributed by atoms with Crippen LogP contribution in [0.5, 0.6) is 0 Å². The van der Waals surface area contributed by atoms with Gasteiger partial charge in [-0.2, -0.15) is 0 Å². The lowest BCUT2D eigenvalue weighted by Gasteiger charge is -2.25. The molecule has 0 saturated carbocycles. The Morgan fingerprint density at radius 3 is 3.00 bits per heavy atom. The number of fused-ring (bicyclic) bond motifs is 1. The maximum absolute atomic E-state index is 12.7. The van der Waals surface area contributed by atoms with Gasteiger partial charge in [0, 0.05) is 7.05 Å². The monoisotopic (exact) mass is 301 g/mol. The molecule has 0 radical (unpaired) electrons. The fourth-order valence-electron chi connectivity index (χ4n) is 2.88. The van der Waals surface area contributed by atoms with E-state index < -0.39 is 0 Å². The standard InChI is InChI=1S/C16H16ClN3O/c1-20(14-7-6-10-4-2-3-5-12(10)14)16(21)13-8-11(18)9-19-15(13)17/h2-5,8-9,14H,6-7,18H2,1H3. The Labute approximate surface area is 128 Å². The molecule has 0 saturated heterocycles. The van der Waals surface area contributed by atoms with Gasteiger partial charge in [-0.05, 0) is 30.0 Å². The summed E-state index contributed by atoms with van der Waals surface area (Å²) < 4.78 is 0. The molecule has 1 aliphatic rings. The molecule has 21 heavy (non-hydrogen) atoms. The second kappa shape index (κ2) is 5.37. The molecule has 1 aromatic carbocycles. The van der Waals surface area contributed by atoms with E-state index in [4.69, 9.17) is 17.3 Å². The molecule has 1 heterocycles. The van der Waals surface area contributed by atoms with Gasteiger partial charge >= 0.3 is 0 Å². The van der Waals surface area contributed by atoms with Crippen molar-refractivity contribution < 1.29 is 4.79 Å². The van der Waals surface area contributed by atoms with Crippen molar-refractivity contribution in [2.45, 2.75) is 18.9 Å². The predicted octanol–water partition coefficient (Wildman–Crippen LogP) is 3.08. The first-order valence-corrected chi connectivity index (χ1v) is 7.21. The van der Waals surface area contributed by atoms with Gasteiger partial charge in [-0.15, -0.1) is 0 Å². The van der Waals surface area contributed by atoms with Crippen LogP contribution in [0.2, 0.25) is 5.15 Å². The third kappa shape index (κ3) is 2.47. The number of benzene rings is 1. The number of anilines is 1. The van der Waals surface area contributed by atoms with Crippen LogP contribution in [0.25, 0.3) is 0 Å². The molecule has 1 aromatic heterocycles. The smallest absolute Gasteiger partial charge is 0.257 e. The van der Waals surface area contributed by atoms with E-state index in [0.717, 1.165) is 12.8 Å². The van der Waals surface area contributed by atoms with Gasteiger partial charge in [-0.25, -0.2) is 4.98 Å². The number of nitrogens with zero attached hydrogens (tertiary/aromatic N) is 2. The second-order valence-corrected chi connectivity index (χ2v) is 5.63. The minimum Gasteiger partial charge on any atom is -0.397 e. The van der Waals surface area contributed by atoms with Crippen molar-refractivity contribution in [1.82, 2.24) is 9.88 Å². The summed E-state index contributed by atoms with van der Waals surface area (Å²) in [6.07, 6.45) is 3.36. The zero-order valence-electron chi connectivity index (χ0n) is 11.7. The molecular weight excluding hydrogens is 286 g/mol. The van der Waals surface area contributed by atoms with E-state index in [-0.39, 0.29) is 17.1 Å². The van der Waals surface area contributed by atoms with E-state index in [1.54, 1.807) is 18.0 Å². The topological polar surface area (TPSA) is 59.2 Å². The summed E-state index contributed by atoms with van der Waals surface area (Å²) in [6, 6.07) is 9.88. The number of aryl methyl sites for hydroxylation is 1. The summed E-state index contributed by atoms with van der Waals surface area (Å²) >= 11 is 6.03. The number of aromatic nitrogens is 1. The van der Waals surface area contributed by atoms with Crippen LogP contribution < -0.4 is 5.73 Å². The van der Waals surface area contributed by atoms with Crippen LogP contribution in [-0.4, -0.2) is 22.8 Å². The summed E-state index contributed by atoms with van der Waals surface area (Å²) in [6.45, 7) is 0. The summed E-state index contributed by atoms with van der Waals surface area (Å²) in [5, 5.41) is 0.187. The van der Waals surface area contributed by atoms with Crippen LogP contribution >= 0.6 is 11.6 Å². The fraction of sp³-hybridized carbons (Fsp3) is 0.250. The Bertz CT molecular complexity index is 702. The minimum absolute atomic E-state index is 0.0752. The normalized spacial score (nSPS) is 16.6. The van der Waals surface area contributed by atoms with Gasteiger partial charge in [-0.1, -0.05) is 35.9 Å². The van der Waals surface area contributed by atoms with Crippen LogP contribution in [0.1, 0.15) is 33.9 Å². The van der Waals surface area contributed by atoms with Crippen molar-refractivity contribution in [3.05, 3.63) is 58.4 Å². The average Bonchev–Trinajstić information content (AvgIpc) is 2.92. The van der Waals surface area contributed by atoms with E-state index in [2.05, 4.69) is 17.1 Å². The molecule has 1 aliphatic carbocycles. The van der Waals surface area contributed by atoms with Gasteiger partial charge in [0.05, 0.1) is 23.5 Å². The van der Waals surface area contributed by atoms with Gasteiger partial charge in [0.2, 0.25) is 0 Å². The number of rotatable bonds is 2. The first kappa shape index (κ1) is 13.9. The molecule has 1 atom stereocenters. The molecule has 2 aromatic rings. The van der Waals surface area contributed by atoms with E-state index >= 15 is 0 Å². The lowest BCUT2D eigenvalue weighted by atomic mass is 10.1. The largest absolute Gasteiger partial charge is 0.397 e. The quantitative estimate of drug-likeness (QED) is 0.867. The second-order valence-electron chi connectivity index (χ2n) is 5.28. The molecule has 0 fully saturated rings. The van der Waals surface area contributed by atoms with E-state index in [1.807, 2.05) is 12.1 Å². The number of halogens is 1. The number of amides is 1. The van der Waals surface area contributed by atoms with Crippen LogP contribution in [-0.2, 0) is 6.42 Å². The molecule has 5 heteroatoms. The molecular formula is C16H16ClN3O. The van der Waals surface area contributed by atoms with Gasteiger partial charge < -0.3 is 10.6 Å². The van der Waals surface area contributed by atoms with Crippen molar-refractivity contribution in [2.75, 3.05) is 12.8 Å². The number of carbonyl (C=O) groups excluding carboxylic acids is 1. The predicted molar refractivity (Wildman–Crippen MR) is 83.3 cm³/mol. The Morgan fingerprint density at radius 2 is 2.19 bits per heavy atom. The Kier molecular flexibility index (Phi) is 3.55. The first-order valence-electron chi connectivity index (χ1n) is 6.84. The van der Waals surface area contributed by atoms with Gasteiger partial charge in [0.15, 0.2) is 0 Å². The Hall–Kier alpha value is -2.07. The number of nitrogen functional groups attached to an aromatic ring is 1. The number of nitrogens with two attached hydrogens (primary N) is 1. The van der Waals surface area contributed by atoms with Gasteiger partial charge in [-0.3, -0.25) is 4.79 Å². The lowest BCUT2D eigenvalue weighted by molar-refractivity contribution is 0.0730. The molecule has 108 valence electrons. The minimum atomic E-state index is -0.151. The van der Waals surface area contributed by atoms with Crippen LogP contribution in [0.3, 0.4) is 0 Å². The van der Waals surface area contributed by atoms with Crippen molar-refractivity contribution in [3.8, 4) is 0 Å². The molecule has 4 nitrogen and oxygen atoms in total. The highest BCUT2D eigenvalue weighted by atomic mass is 35.5. The molecule has 3 rings (SSSR count). The summed E-state index contributed by atoms with van der Waals surface area (Å²) in [5.74, 6) is -0.151. The number of carbonyl (C=O) groups is 1. The first-order chi connectivity index (χ1) is 10.1. The number of hydrogen-bond donors (Lipinski definition) is 1. The lowest BCUT2D eigenvalue weighted by Crippen LogP contribution is -2.30. The van der Waals surface area contributed by atoms with Crippen molar-refractivity contribution >= 4 is 23.2 Å². The van der Waals surface area contributed by atoms with Crippen molar-refractivity contribution in [2.24, 2.45) is 0 Å². The number of pyridine rings is 1. The Balaban J connectivity index is 1.91. The van der Waals surface area contributed by atoms with E-state index in [9.17, 15) is 4.79 Å². The van der Waals surface area contributed by atoms with E-state index in [1.165, 1.54) is 17.3 Å². The molecule has 0 aliphatic heterocycles. The zero-order valence-corrected chi connectivity index (χ0v) is 12.5. The van der Waals surface area contributed by atoms with Crippen LogP contribution in [0, 0.1) is 0 Å². The molecule has 2 N–H and O–H groups in total. The van der Waals surface area contributed by atoms with E-state index in [0.29, 0.717) is 11.3 Å². The summed E-state index contributed by atoms with van der Waals surface area (Å²) in [5.41, 5.74) is 9.00. The van der Waals surface area contributed by atoms with Crippen LogP contribution in [0.15, 0.2) is 36.5 Å². The highest BCUT2D eigenvalue weighted by molar-refractivity contribution is 6.32. The van der Waals surface area contributed by atoms with Crippen molar-refractivity contribution in [3.63, 3.8) is 0 Å². The highest BCUT2D eigenvalue weighted by Crippen LogP contribution is 2.35. The number of hydrogen-bond acceptors (Lipinski definition) is 3. The summed E-state index contributed by atoms with van der Waals surface area (Å²) in [4.78, 5) is 18.3. The molecule has 1 amide bonds. The van der Waals surface area contributed by atoms with Gasteiger partial charge in [0.25, 0.3) is 5.91 Å². The summed E-state index contributed by atoms with van der Waals surface area (Å²) in [7, 11) is 1.80. The third-order valence-electron chi connectivity index (χ3n) is 3.98. The molecule has 0 spiro atoms. The maximum Gasteiger partial charge on any atom is 0.257 e. The molecule has 0 bridgehead atoms.